The third-order valence-corrected chi connectivity index (χ3v) is 21.5. The molecule has 6 amide bonds. The zero-order valence-electron chi connectivity index (χ0n) is 71.5. The van der Waals surface area contributed by atoms with Crippen LogP contribution < -0.4 is 31.9 Å². The van der Waals surface area contributed by atoms with E-state index in [9.17, 15) is 28.8 Å². The van der Waals surface area contributed by atoms with Gasteiger partial charge in [0.15, 0.2) is 0 Å². The van der Waals surface area contributed by atoms with Gasteiger partial charge in [-0.3, -0.25) is 28.8 Å². The van der Waals surface area contributed by atoms with E-state index >= 15 is 0 Å². The fourth-order valence-electron chi connectivity index (χ4n) is 14.9. The number of allylic oxidation sites excluding steroid dienone is 36. The summed E-state index contributed by atoms with van der Waals surface area (Å²) in [6.45, 7) is 45.0. The molecule has 13 heteroatoms. The predicted molar refractivity (Wildman–Crippen MR) is 464 cm³/mol. The Morgan fingerprint density at radius 2 is 0.718 bits per heavy atom. The standard InChI is InChI=1S/C97H142N6O7/c1-70(48-52-83-77(8)41-29-56-94(83,13)14)34-25-38-74(5)66-88(104)98-60-23-21-45-82(46-28-37-73(4)51-55-86-80(11)44-32-59-97(86,19)20)69-91(107)102-81(12)92(108)100-62-33-64-110-65-63-101-93(109)87(103-90(106)68-76(7)40-27-36-72(3)50-54-85-79(10)43-31-58-96(85,17)18)47-22-24-61-99-89(105)67-75(6)39-26-35-71(2)49-53-84-78(9)42-30-57-95(84,15)16/h25-28,34-40,46,48-55,66-69,81,87H,21-24,29-33,41-45,47,56-65H2,1-20H3,(H,98,104)(H,99,105)(H,100,108)(H,101,109)(H,102,107)(H,103,106)/b38-25+,39-26+,40-27+,46-28+,52-48+,53-49+,54-50+,55-51+,70-34+,71-35+,72-36+,73-37+,74-66+,75-67+,76-68+,82-69+. The van der Waals surface area contributed by atoms with Crippen molar-refractivity contribution in [2.75, 3.05) is 39.4 Å². The quantitative estimate of drug-likeness (QED) is 0.0200. The number of ether oxygens (including phenoxy) is 1. The van der Waals surface area contributed by atoms with Crippen molar-refractivity contribution in [1.82, 2.24) is 31.9 Å². The molecule has 0 aromatic rings. The Kier molecular flexibility index (Phi) is 41.3. The zero-order valence-corrected chi connectivity index (χ0v) is 71.5. The Morgan fingerprint density at radius 1 is 0.373 bits per heavy atom. The maximum absolute atomic E-state index is 13.8. The number of unbranched alkanes of at least 4 members (excludes halogenated alkanes) is 2. The van der Waals surface area contributed by atoms with Gasteiger partial charge in [0.25, 0.3) is 0 Å². The smallest absolute Gasteiger partial charge is 0.244 e. The molecule has 4 aliphatic carbocycles. The highest BCUT2D eigenvalue weighted by molar-refractivity contribution is 5.94. The van der Waals surface area contributed by atoms with Crippen molar-refractivity contribution in [2.24, 2.45) is 21.7 Å². The fraction of sp³-hybridized carbons (Fsp3) is 0.526. The Balaban J connectivity index is 1.30. The van der Waals surface area contributed by atoms with Gasteiger partial charge in [0.2, 0.25) is 35.4 Å². The highest BCUT2D eigenvalue weighted by atomic mass is 16.5. The second kappa shape index (κ2) is 48.4. The molecule has 0 aliphatic heterocycles. The Bertz CT molecular complexity index is 3830. The van der Waals surface area contributed by atoms with Crippen LogP contribution >= 0.6 is 0 Å². The van der Waals surface area contributed by atoms with E-state index in [-0.39, 0.29) is 64.3 Å². The number of hydrogen-bond donors (Lipinski definition) is 6. The van der Waals surface area contributed by atoms with Crippen LogP contribution in [0.3, 0.4) is 0 Å². The van der Waals surface area contributed by atoms with E-state index in [1.165, 1.54) is 95.6 Å². The summed E-state index contributed by atoms with van der Waals surface area (Å²) in [5, 5.41) is 17.6. The Labute approximate surface area is 665 Å². The summed E-state index contributed by atoms with van der Waals surface area (Å²) in [5.74, 6) is -1.82. The van der Waals surface area contributed by atoms with E-state index in [1.54, 1.807) is 25.2 Å². The van der Waals surface area contributed by atoms with Gasteiger partial charge >= 0.3 is 0 Å². The summed E-state index contributed by atoms with van der Waals surface area (Å²) in [7, 11) is 0. The largest absolute Gasteiger partial charge is 0.380 e. The second-order valence-corrected chi connectivity index (χ2v) is 33.9. The molecule has 6 N–H and O–H groups in total. The first-order chi connectivity index (χ1) is 52.0. The minimum atomic E-state index is -0.837. The molecule has 4 rings (SSSR count). The van der Waals surface area contributed by atoms with Crippen molar-refractivity contribution in [1.29, 1.82) is 0 Å². The van der Waals surface area contributed by atoms with Crippen molar-refractivity contribution in [3.05, 3.63) is 235 Å². The van der Waals surface area contributed by atoms with Crippen molar-refractivity contribution in [2.45, 2.75) is 273 Å². The third kappa shape index (κ3) is 36.6. The van der Waals surface area contributed by atoms with E-state index in [0.717, 1.165) is 76.7 Å². The van der Waals surface area contributed by atoms with E-state index in [0.29, 0.717) is 71.2 Å². The fourth-order valence-corrected chi connectivity index (χ4v) is 14.9. The van der Waals surface area contributed by atoms with Gasteiger partial charge in [0, 0.05) is 57.1 Å². The number of carbonyl (C=O) groups excluding carboxylic acids is 6. The summed E-state index contributed by atoms with van der Waals surface area (Å²) in [6, 6.07) is -1.65. The maximum Gasteiger partial charge on any atom is 0.244 e. The number of hydrogen-bond acceptors (Lipinski definition) is 7. The topological polar surface area (TPSA) is 184 Å². The van der Waals surface area contributed by atoms with Gasteiger partial charge in [-0.1, -0.05) is 221 Å². The van der Waals surface area contributed by atoms with Crippen LogP contribution in [-0.2, 0) is 33.5 Å². The molecule has 0 heterocycles. The number of amides is 6. The first-order valence-electron chi connectivity index (χ1n) is 41.0. The molecule has 0 aromatic heterocycles. The van der Waals surface area contributed by atoms with E-state index in [4.69, 9.17) is 4.74 Å². The zero-order chi connectivity index (χ0) is 81.5. The van der Waals surface area contributed by atoms with Gasteiger partial charge in [-0.2, -0.15) is 0 Å². The normalized spacial score (nSPS) is 19.4. The summed E-state index contributed by atoms with van der Waals surface area (Å²) >= 11 is 0. The lowest BCUT2D eigenvalue weighted by molar-refractivity contribution is -0.127. The average Bonchev–Trinajstić information content (AvgIpc) is 0.842. The van der Waals surface area contributed by atoms with Crippen molar-refractivity contribution in [3.8, 4) is 0 Å². The van der Waals surface area contributed by atoms with Gasteiger partial charge in [0.05, 0.1) is 6.61 Å². The molecule has 13 nitrogen and oxygen atoms in total. The molecule has 0 aromatic carbocycles. The lowest BCUT2D eigenvalue weighted by Gasteiger charge is -2.33. The SMILES string of the molecule is CC1=C(/C=C/C(C)=C/C=C/C(C)=C/C(=O)NCCCCC(/C=C/C=C(C)/C=C/C2=C(C)CCCC2(C)C)=C\C(=O)NC(C)C(=O)NCCCOCCNC(=O)C(CCCCNC(=O)/C=C(C)/C=C/C=C(C)/C=C/C2=C(C)CCCC2(C)C)NC(=O)/C=C(C)/C=C/C=C(C)/C=C/C2=C(C)CCCC2(C)C)C(C)(C)CCC1. The average molecular weight is 1500 g/mol. The molecule has 0 spiro atoms. The number of carbonyl (C=O) groups is 6. The monoisotopic (exact) mass is 1500 g/mol. The Morgan fingerprint density at radius 3 is 1.11 bits per heavy atom. The van der Waals surface area contributed by atoms with Gasteiger partial charge in [-0.05, 0) is 271 Å². The molecule has 2 atom stereocenters. The lowest BCUT2D eigenvalue weighted by Crippen LogP contribution is -2.47. The molecule has 0 radical (unpaired) electrons. The minimum Gasteiger partial charge on any atom is -0.380 e. The van der Waals surface area contributed by atoms with Crippen LogP contribution in [0.1, 0.15) is 260 Å². The van der Waals surface area contributed by atoms with Crippen LogP contribution in [0.4, 0.5) is 0 Å². The second-order valence-electron chi connectivity index (χ2n) is 33.9. The van der Waals surface area contributed by atoms with Gasteiger partial charge in [-0.25, -0.2) is 0 Å². The summed E-state index contributed by atoms with van der Waals surface area (Å²) < 4.78 is 5.86. The van der Waals surface area contributed by atoms with Crippen LogP contribution in [0, 0.1) is 21.7 Å². The van der Waals surface area contributed by atoms with Crippen LogP contribution in [0.15, 0.2) is 235 Å². The van der Waals surface area contributed by atoms with Crippen molar-refractivity contribution >= 4 is 35.4 Å². The van der Waals surface area contributed by atoms with Gasteiger partial charge in [0.1, 0.15) is 12.1 Å². The minimum absolute atomic E-state index is 0.130. The molecule has 0 fully saturated rings. The lowest BCUT2D eigenvalue weighted by atomic mass is 9.72. The number of rotatable bonds is 41. The van der Waals surface area contributed by atoms with Crippen LogP contribution in [0.2, 0.25) is 0 Å². The third-order valence-electron chi connectivity index (χ3n) is 21.5. The summed E-state index contributed by atoms with van der Waals surface area (Å²) in [6.07, 6.45) is 65.7. The highest BCUT2D eigenvalue weighted by Crippen LogP contribution is 2.44. The van der Waals surface area contributed by atoms with Crippen LogP contribution in [-0.4, -0.2) is 86.9 Å². The molecule has 0 saturated carbocycles. The number of nitrogens with one attached hydrogen (secondary N) is 6. The molecule has 0 bridgehead atoms. The Hall–Kier alpha value is -8.42. The summed E-state index contributed by atoms with van der Waals surface area (Å²) in [4.78, 5) is 80.0. The van der Waals surface area contributed by atoms with E-state index in [2.05, 4.69) is 197 Å². The van der Waals surface area contributed by atoms with Gasteiger partial charge in [-0.15, -0.1) is 0 Å². The summed E-state index contributed by atoms with van der Waals surface area (Å²) in [5.41, 5.74) is 19.7. The van der Waals surface area contributed by atoms with Crippen molar-refractivity contribution in [3.63, 3.8) is 0 Å². The first-order valence-corrected chi connectivity index (χ1v) is 41.0. The maximum atomic E-state index is 13.8. The van der Waals surface area contributed by atoms with Crippen molar-refractivity contribution < 1.29 is 33.5 Å². The predicted octanol–water partition coefficient (Wildman–Crippen LogP) is 21.3. The molecular formula is C97H142N6O7. The molecule has 2 unspecified atom stereocenters. The molecule has 602 valence electrons. The van der Waals surface area contributed by atoms with Gasteiger partial charge < -0.3 is 36.6 Å². The highest BCUT2D eigenvalue weighted by Gasteiger charge is 2.30. The molecule has 4 aliphatic rings. The molecule has 0 saturated heterocycles. The van der Waals surface area contributed by atoms with Crippen LogP contribution in [0.25, 0.3) is 0 Å². The van der Waals surface area contributed by atoms with E-state index in [1.807, 2.05) is 87.6 Å². The molecular weight excluding hydrogens is 1360 g/mol. The van der Waals surface area contributed by atoms with E-state index < -0.39 is 18.0 Å². The first kappa shape index (κ1) is 94.0. The molecule has 110 heavy (non-hydrogen) atoms. The van der Waals surface area contributed by atoms with Crippen LogP contribution in [0.5, 0.6) is 0 Å².